The molecule has 0 radical (unpaired) electrons. The van der Waals surface area contributed by atoms with Gasteiger partial charge in [0.1, 0.15) is 5.82 Å². The van der Waals surface area contributed by atoms with Crippen LogP contribution >= 0.6 is 11.6 Å². The highest BCUT2D eigenvalue weighted by atomic mass is 35.5. The smallest absolute Gasteiger partial charge is 0.262 e. The summed E-state index contributed by atoms with van der Waals surface area (Å²) in [5.41, 5.74) is 0.233. The summed E-state index contributed by atoms with van der Waals surface area (Å²) in [5, 5.41) is -0.255. The highest BCUT2D eigenvalue weighted by molar-refractivity contribution is 7.92. The van der Waals surface area contributed by atoms with E-state index in [1.165, 1.54) is 18.8 Å². The summed E-state index contributed by atoms with van der Waals surface area (Å²) in [6.45, 7) is 1.80. The van der Waals surface area contributed by atoms with Crippen molar-refractivity contribution in [1.29, 1.82) is 0 Å². The summed E-state index contributed by atoms with van der Waals surface area (Å²) in [6.07, 6.45) is 6.24. The molecule has 128 valence electrons. The topological polar surface area (TPSA) is 75.2 Å². The molecule has 1 saturated heterocycles. The van der Waals surface area contributed by atoms with Gasteiger partial charge in [0.25, 0.3) is 10.0 Å². The first-order valence-electron chi connectivity index (χ1n) is 7.50. The molecule has 0 spiro atoms. The van der Waals surface area contributed by atoms with Gasteiger partial charge in [-0.2, -0.15) is 0 Å². The lowest BCUT2D eigenvalue weighted by atomic mass is 10.1. The number of anilines is 2. The van der Waals surface area contributed by atoms with Gasteiger partial charge in [-0.25, -0.2) is 22.8 Å². The Hall–Kier alpha value is -1.93. The first kappa shape index (κ1) is 16.9. The molecule has 9 heteroatoms. The first-order chi connectivity index (χ1) is 11.5. The second-order valence-electron chi connectivity index (χ2n) is 5.50. The average molecular weight is 371 g/mol. The van der Waals surface area contributed by atoms with Crippen LogP contribution in [0.3, 0.4) is 0 Å². The zero-order chi connectivity index (χ0) is 17.2. The average Bonchev–Trinajstić information content (AvgIpc) is 2.58. The van der Waals surface area contributed by atoms with E-state index in [-0.39, 0.29) is 15.6 Å². The summed E-state index contributed by atoms with van der Waals surface area (Å²) in [4.78, 5) is 10.4. The van der Waals surface area contributed by atoms with Gasteiger partial charge in [-0.05, 0) is 37.5 Å². The van der Waals surface area contributed by atoms with Crippen LogP contribution in [0.4, 0.5) is 16.0 Å². The molecule has 6 nitrogen and oxygen atoms in total. The third-order valence-corrected chi connectivity index (χ3v) is 5.40. The Morgan fingerprint density at radius 2 is 1.79 bits per heavy atom. The highest BCUT2D eigenvalue weighted by Crippen LogP contribution is 2.22. The number of benzene rings is 1. The van der Waals surface area contributed by atoms with E-state index in [0.717, 1.165) is 44.1 Å². The summed E-state index contributed by atoms with van der Waals surface area (Å²) in [6, 6.07) is 3.21. The van der Waals surface area contributed by atoms with Crippen molar-refractivity contribution >= 4 is 33.3 Å². The summed E-state index contributed by atoms with van der Waals surface area (Å²) in [7, 11) is -3.89. The Labute approximate surface area is 144 Å². The Morgan fingerprint density at radius 3 is 2.42 bits per heavy atom. The Morgan fingerprint density at radius 1 is 1.12 bits per heavy atom. The van der Waals surface area contributed by atoms with Gasteiger partial charge < -0.3 is 4.90 Å². The molecule has 1 aliphatic rings. The van der Waals surface area contributed by atoms with Crippen molar-refractivity contribution in [2.75, 3.05) is 22.7 Å². The molecule has 0 saturated carbocycles. The van der Waals surface area contributed by atoms with E-state index in [0.29, 0.717) is 5.95 Å². The van der Waals surface area contributed by atoms with Crippen molar-refractivity contribution in [3.05, 3.63) is 41.4 Å². The van der Waals surface area contributed by atoms with Gasteiger partial charge in [0.2, 0.25) is 5.95 Å². The van der Waals surface area contributed by atoms with Crippen molar-refractivity contribution in [2.24, 2.45) is 0 Å². The minimum atomic E-state index is -3.89. The Kier molecular flexibility index (Phi) is 4.86. The number of piperidine rings is 1. The van der Waals surface area contributed by atoms with Crippen LogP contribution in [0.25, 0.3) is 0 Å². The number of rotatable bonds is 4. The number of aromatic nitrogens is 2. The van der Waals surface area contributed by atoms with E-state index in [4.69, 9.17) is 11.6 Å². The van der Waals surface area contributed by atoms with E-state index in [2.05, 4.69) is 19.6 Å². The number of sulfonamides is 1. The summed E-state index contributed by atoms with van der Waals surface area (Å²) in [5.74, 6) is -0.0905. The lowest BCUT2D eigenvalue weighted by Crippen LogP contribution is -2.30. The lowest BCUT2D eigenvalue weighted by Gasteiger charge is -2.26. The van der Waals surface area contributed by atoms with Gasteiger partial charge in [-0.3, -0.25) is 4.72 Å². The Balaban J connectivity index is 1.76. The maximum Gasteiger partial charge on any atom is 0.262 e. The molecule has 24 heavy (non-hydrogen) atoms. The van der Waals surface area contributed by atoms with E-state index < -0.39 is 15.8 Å². The molecule has 1 aromatic carbocycles. The number of nitrogens with one attached hydrogen (secondary N) is 1. The second kappa shape index (κ2) is 6.90. The number of nitrogens with zero attached hydrogens (tertiary/aromatic N) is 3. The Bertz CT molecular complexity index is 824. The highest BCUT2D eigenvalue weighted by Gasteiger charge is 2.17. The van der Waals surface area contributed by atoms with E-state index in [1.807, 2.05) is 0 Å². The van der Waals surface area contributed by atoms with Crippen molar-refractivity contribution in [1.82, 2.24) is 9.97 Å². The van der Waals surface area contributed by atoms with Gasteiger partial charge in [0.15, 0.2) is 0 Å². The second-order valence-corrected chi connectivity index (χ2v) is 7.59. The number of hydrogen-bond acceptors (Lipinski definition) is 5. The predicted octanol–water partition coefficient (Wildman–Crippen LogP) is 3.06. The van der Waals surface area contributed by atoms with Crippen LogP contribution in [0.5, 0.6) is 0 Å². The summed E-state index contributed by atoms with van der Waals surface area (Å²) < 4.78 is 40.1. The van der Waals surface area contributed by atoms with Gasteiger partial charge in [0.05, 0.1) is 28.0 Å². The van der Waals surface area contributed by atoms with Crippen LogP contribution in [0.1, 0.15) is 19.3 Å². The van der Waals surface area contributed by atoms with Crippen LogP contribution in [-0.2, 0) is 10.0 Å². The molecular weight excluding hydrogens is 355 g/mol. The van der Waals surface area contributed by atoms with Crippen molar-refractivity contribution in [3.8, 4) is 0 Å². The molecule has 0 atom stereocenters. The fourth-order valence-corrected chi connectivity index (χ4v) is 3.79. The molecule has 1 aromatic heterocycles. The van der Waals surface area contributed by atoms with Gasteiger partial charge in [0, 0.05) is 13.1 Å². The molecule has 1 N–H and O–H groups in total. The number of hydrogen-bond donors (Lipinski definition) is 1. The van der Waals surface area contributed by atoms with Crippen LogP contribution in [0.15, 0.2) is 35.5 Å². The summed E-state index contributed by atoms with van der Waals surface area (Å²) >= 11 is 5.63. The van der Waals surface area contributed by atoms with Crippen molar-refractivity contribution < 1.29 is 12.8 Å². The maximum atomic E-state index is 13.2. The first-order valence-corrected chi connectivity index (χ1v) is 9.37. The normalized spacial score (nSPS) is 15.3. The molecule has 0 amide bonds. The third-order valence-electron chi connectivity index (χ3n) is 3.73. The molecule has 1 aliphatic heterocycles. The molecule has 2 heterocycles. The number of halogens is 2. The van der Waals surface area contributed by atoms with Gasteiger partial charge in [-0.15, -0.1) is 0 Å². The van der Waals surface area contributed by atoms with E-state index >= 15 is 0 Å². The van der Waals surface area contributed by atoms with Crippen molar-refractivity contribution in [2.45, 2.75) is 24.2 Å². The largest absolute Gasteiger partial charge is 0.341 e. The van der Waals surface area contributed by atoms with E-state index in [9.17, 15) is 12.8 Å². The fourth-order valence-electron chi connectivity index (χ4n) is 2.49. The monoisotopic (exact) mass is 370 g/mol. The van der Waals surface area contributed by atoms with E-state index in [1.54, 1.807) is 0 Å². The standard InChI is InChI=1S/C15H16ClFN4O2S/c16-13-8-12(4-5-14(13)17)24(22,23)20-11-9-18-15(19-10-11)21-6-2-1-3-7-21/h4-5,8-10,20H,1-3,6-7H2. The molecule has 0 bridgehead atoms. The molecule has 0 aliphatic carbocycles. The lowest BCUT2D eigenvalue weighted by molar-refractivity contribution is 0.568. The third kappa shape index (κ3) is 3.76. The molecule has 0 unspecified atom stereocenters. The van der Waals surface area contributed by atoms with Crippen LogP contribution < -0.4 is 9.62 Å². The minimum Gasteiger partial charge on any atom is -0.341 e. The quantitative estimate of drug-likeness (QED) is 0.895. The van der Waals surface area contributed by atoms with Crippen molar-refractivity contribution in [3.63, 3.8) is 0 Å². The maximum absolute atomic E-state index is 13.2. The zero-order valence-corrected chi connectivity index (χ0v) is 14.3. The van der Waals surface area contributed by atoms with Crippen LogP contribution in [0.2, 0.25) is 5.02 Å². The van der Waals surface area contributed by atoms with Crippen LogP contribution in [0, 0.1) is 5.82 Å². The fraction of sp³-hybridized carbons (Fsp3) is 0.333. The SMILES string of the molecule is O=S(=O)(Nc1cnc(N2CCCCC2)nc1)c1ccc(F)c(Cl)c1. The zero-order valence-electron chi connectivity index (χ0n) is 12.7. The van der Waals surface area contributed by atoms with Crippen LogP contribution in [-0.4, -0.2) is 31.5 Å². The van der Waals surface area contributed by atoms with Gasteiger partial charge >= 0.3 is 0 Å². The van der Waals surface area contributed by atoms with Gasteiger partial charge in [-0.1, -0.05) is 11.6 Å². The molecule has 3 rings (SSSR count). The minimum absolute atomic E-state index is 0.131. The molecular formula is C15H16ClFN4O2S. The molecule has 1 fully saturated rings. The molecule has 2 aromatic rings. The predicted molar refractivity (Wildman–Crippen MR) is 90.3 cm³/mol.